The van der Waals surface area contributed by atoms with E-state index >= 15 is 0 Å². The van der Waals surface area contributed by atoms with Gasteiger partial charge in [0.15, 0.2) is 0 Å². The summed E-state index contributed by atoms with van der Waals surface area (Å²) in [6.07, 6.45) is 1.20. The van der Waals surface area contributed by atoms with Gasteiger partial charge in [-0.1, -0.05) is 19.1 Å². The molecule has 2 aliphatic heterocycles. The van der Waals surface area contributed by atoms with Crippen molar-refractivity contribution < 1.29 is 19.2 Å². The summed E-state index contributed by atoms with van der Waals surface area (Å²) in [5.74, 6) is -2.02. The van der Waals surface area contributed by atoms with Crippen LogP contribution in [0.4, 0.5) is 11.4 Å². The van der Waals surface area contributed by atoms with Gasteiger partial charge >= 0.3 is 0 Å². The average Bonchev–Trinajstić information content (AvgIpc) is 2.93. The van der Waals surface area contributed by atoms with Gasteiger partial charge < -0.3 is 5.32 Å². The molecule has 7 nitrogen and oxygen atoms in total. The van der Waals surface area contributed by atoms with E-state index in [0.717, 1.165) is 17.0 Å². The predicted octanol–water partition coefficient (Wildman–Crippen LogP) is 2.39. The van der Waals surface area contributed by atoms with E-state index in [4.69, 9.17) is 0 Å². The molecule has 1 fully saturated rings. The number of hydrogen-bond donors (Lipinski definition) is 2. The predicted molar refractivity (Wildman–Crippen MR) is 102 cm³/mol. The van der Waals surface area contributed by atoms with E-state index in [1.54, 1.807) is 18.2 Å². The molecule has 2 aromatic rings. The SMILES string of the molecule is CCc1ccc(Nc2ccc3c(c2)C(=O)N(C2CCC(=O)NC2=O)C3=O)cc1. The van der Waals surface area contributed by atoms with Crippen molar-refractivity contribution in [2.24, 2.45) is 0 Å². The van der Waals surface area contributed by atoms with Gasteiger partial charge in [-0.2, -0.15) is 0 Å². The fourth-order valence-corrected chi connectivity index (χ4v) is 3.54. The minimum atomic E-state index is -0.955. The normalized spacial score (nSPS) is 18.9. The zero-order valence-corrected chi connectivity index (χ0v) is 15.3. The summed E-state index contributed by atoms with van der Waals surface area (Å²) in [7, 11) is 0. The van der Waals surface area contributed by atoms with Gasteiger partial charge in [0, 0.05) is 17.8 Å². The lowest BCUT2D eigenvalue weighted by atomic mass is 10.0. The standard InChI is InChI=1S/C21H19N3O4/c1-2-12-3-5-13(6-4-12)22-14-7-8-15-16(11-14)21(28)24(20(15)27)17-9-10-18(25)23-19(17)26/h3-8,11,17,22H,2,9-10H2,1H3,(H,23,25,26). The maximum atomic E-state index is 12.8. The smallest absolute Gasteiger partial charge is 0.262 e. The summed E-state index contributed by atoms with van der Waals surface area (Å²) in [4.78, 5) is 49.9. The Morgan fingerprint density at radius 1 is 0.964 bits per heavy atom. The molecule has 28 heavy (non-hydrogen) atoms. The summed E-state index contributed by atoms with van der Waals surface area (Å²) < 4.78 is 0. The van der Waals surface area contributed by atoms with Crippen LogP contribution >= 0.6 is 0 Å². The summed E-state index contributed by atoms with van der Waals surface area (Å²) in [6.45, 7) is 2.08. The highest BCUT2D eigenvalue weighted by atomic mass is 16.2. The Labute approximate surface area is 161 Å². The second-order valence-corrected chi connectivity index (χ2v) is 6.88. The summed E-state index contributed by atoms with van der Waals surface area (Å²) >= 11 is 0. The lowest BCUT2D eigenvalue weighted by molar-refractivity contribution is -0.136. The number of carbonyl (C=O) groups is 4. The molecule has 1 atom stereocenters. The molecule has 142 valence electrons. The van der Waals surface area contributed by atoms with E-state index in [1.807, 2.05) is 24.3 Å². The van der Waals surface area contributed by atoms with Gasteiger partial charge in [-0.3, -0.25) is 29.4 Å². The number of benzene rings is 2. The van der Waals surface area contributed by atoms with E-state index < -0.39 is 29.7 Å². The third kappa shape index (κ3) is 3.05. The van der Waals surface area contributed by atoms with E-state index in [0.29, 0.717) is 5.69 Å². The topological polar surface area (TPSA) is 95.6 Å². The molecule has 0 saturated carbocycles. The second-order valence-electron chi connectivity index (χ2n) is 6.88. The fourth-order valence-electron chi connectivity index (χ4n) is 3.54. The summed E-state index contributed by atoms with van der Waals surface area (Å²) in [5, 5.41) is 5.41. The highest BCUT2D eigenvalue weighted by molar-refractivity contribution is 6.23. The van der Waals surface area contributed by atoms with Gasteiger partial charge in [-0.25, -0.2) is 0 Å². The second kappa shape index (κ2) is 6.92. The Hall–Kier alpha value is -3.48. The zero-order chi connectivity index (χ0) is 19.8. The highest BCUT2D eigenvalue weighted by Gasteiger charge is 2.44. The first kappa shape index (κ1) is 17.9. The number of aryl methyl sites for hydroxylation is 1. The van der Waals surface area contributed by atoms with Crippen LogP contribution in [-0.4, -0.2) is 34.6 Å². The van der Waals surface area contributed by atoms with Gasteiger partial charge in [-0.15, -0.1) is 0 Å². The minimum Gasteiger partial charge on any atom is -0.356 e. The van der Waals surface area contributed by atoms with Crippen molar-refractivity contribution in [3.8, 4) is 0 Å². The first-order valence-electron chi connectivity index (χ1n) is 9.19. The Kier molecular flexibility index (Phi) is 4.43. The van der Waals surface area contributed by atoms with Crippen LogP contribution in [0.15, 0.2) is 42.5 Å². The van der Waals surface area contributed by atoms with Crippen molar-refractivity contribution >= 4 is 35.0 Å². The molecule has 1 unspecified atom stereocenters. The average molecular weight is 377 g/mol. The maximum absolute atomic E-state index is 12.8. The molecule has 0 radical (unpaired) electrons. The van der Waals surface area contributed by atoms with Gasteiger partial charge in [0.2, 0.25) is 11.8 Å². The molecule has 2 aliphatic rings. The Morgan fingerprint density at radius 2 is 1.64 bits per heavy atom. The number of nitrogens with one attached hydrogen (secondary N) is 2. The van der Waals surface area contributed by atoms with Gasteiger partial charge in [0.25, 0.3) is 11.8 Å². The van der Waals surface area contributed by atoms with E-state index in [1.165, 1.54) is 5.56 Å². The number of piperidine rings is 1. The molecule has 0 spiro atoms. The van der Waals surface area contributed by atoms with E-state index in [9.17, 15) is 19.2 Å². The van der Waals surface area contributed by atoms with E-state index in [2.05, 4.69) is 17.6 Å². The van der Waals surface area contributed by atoms with Crippen LogP contribution in [0.2, 0.25) is 0 Å². The molecule has 7 heteroatoms. The largest absolute Gasteiger partial charge is 0.356 e. The van der Waals surface area contributed by atoms with Crippen molar-refractivity contribution in [1.29, 1.82) is 0 Å². The molecular weight excluding hydrogens is 358 g/mol. The number of amides is 4. The maximum Gasteiger partial charge on any atom is 0.262 e. The van der Waals surface area contributed by atoms with Gasteiger partial charge in [0.05, 0.1) is 11.1 Å². The zero-order valence-electron chi connectivity index (χ0n) is 15.3. The van der Waals surface area contributed by atoms with Crippen molar-refractivity contribution in [3.05, 3.63) is 59.2 Å². The first-order chi connectivity index (χ1) is 13.5. The lowest BCUT2D eigenvalue weighted by Crippen LogP contribution is -2.54. The number of fused-ring (bicyclic) bond motifs is 1. The molecule has 2 heterocycles. The number of imide groups is 2. The monoisotopic (exact) mass is 377 g/mol. The number of rotatable bonds is 4. The number of nitrogens with zero attached hydrogens (tertiary/aromatic N) is 1. The summed E-state index contributed by atoms with van der Waals surface area (Å²) in [6, 6.07) is 11.9. The molecule has 2 N–H and O–H groups in total. The summed E-state index contributed by atoms with van der Waals surface area (Å²) in [5.41, 5.74) is 3.29. The van der Waals surface area contributed by atoms with Crippen LogP contribution in [0.5, 0.6) is 0 Å². The van der Waals surface area contributed by atoms with Crippen LogP contribution in [0.3, 0.4) is 0 Å². The molecule has 0 aromatic heterocycles. The van der Waals surface area contributed by atoms with Crippen LogP contribution in [0.25, 0.3) is 0 Å². The number of anilines is 2. The molecule has 1 saturated heterocycles. The van der Waals surface area contributed by atoms with Crippen molar-refractivity contribution in [3.63, 3.8) is 0 Å². The Bertz CT molecular complexity index is 997. The quantitative estimate of drug-likeness (QED) is 0.798. The molecule has 4 rings (SSSR count). The molecule has 0 aliphatic carbocycles. The van der Waals surface area contributed by atoms with Crippen LogP contribution in [0, 0.1) is 0 Å². The third-order valence-electron chi connectivity index (χ3n) is 5.09. The first-order valence-corrected chi connectivity index (χ1v) is 9.19. The minimum absolute atomic E-state index is 0.102. The lowest BCUT2D eigenvalue weighted by Gasteiger charge is -2.27. The van der Waals surface area contributed by atoms with Crippen molar-refractivity contribution in [1.82, 2.24) is 10.2 Å². The highest BCUT2D eigenvalue weighted by Crippen LogP contribution is 2.30. The molecule has 4 amide bonds. The van der Waals surface area contributed by atoms with Crippen molar-refractivity contribution in [2.45, 2.75) is 32.2 Å². The fraction of sp³-hybridized carbons (Fsp3) is 0.238. The Morgan fingerprint density at radius 3 is 2.32 bits per heavy atom. The molecular formula is C21H19N3O4. The van der Waals surface area contributed by atoms with Crippen LogP contribution < -0.4 is 10.6 Å². The molecule has 0 bridgehead atoms. The van der Waals surface area contributed by atoms with Gasteiger partial charge in [0.1, 0.15) is 6.04 Å². The third-order valence-corrected chi connectivity index (χ3v) is 5.09. The van der Waals surface area contributed by atoms with E-state index in [-0.39, 0.29) is 24.0 Å². The number of carbonyl (C=O) groups excluding carboxylic acids is 4. The van der Waals surface area contributed by atoms with Crippen molar-refractivity contribution in [2.75, 3.05) is 5.32 Å². The Balaban J connectivity index is 1.58. The molecule has 2 aromatic carbocycles. The number of hydrogen-bond acceptors (Lipinski definition) is 5. The van der Waals surface area contributed by atoms with Gasteiger partial charge in [-0.05, 0) is 48.7 Å². The van der Waals surface area contributed by atoms with Crippen LogP contribution in [0.1, 0.15) is 46.0 Å². The van der Waals surface area contributed by atoms with Crippen LogP contribution in [-0.2, 0) is 16.0 Å².